The van der Waals surface area contributed by atoms with E-state index in [1.54, 1.807) is 0 Å². The van der Waals surface area contributed by atoms with Crippen molar-refractivity contribution in [3.8, 4) is 0 Å². The Labute approximate surface area is 137 Å². The molecule has 0 unspecified atom stereocenters. The van der Waals surface area contributed by atoms with Crippen molar-refractivity contribution in [2.45, 2.75) is 6.54 Å². The van der Waals surface area contributed by atoms with Gasteiger partial charge < -0.3 is 4.74 Å². The first kappa shape index (κ1) is 16.0. The highest BCUT2D eigenvalue weighted by atomic mass is 32.2. The number of nitrogens with zero attached hydrogens (tertiary/aromatic N) is 2. The minimum atomic E-state index is -3.59. The van der Waals surface area contributed by atoms with Crippen molar-refractivity contribution in [2.75, 3.05) is 30.6 Å². The standard InChI is InChI=1S/C17H20N2O3S/c20-23(21,18-11-13-22-14-12-18)19(17-9-5-2-6-10-17)15-16-7-3-1-4-8-16/h1-10H,11-15H2. The van der Waals surface area contributed by atoms with Crippen LogP contribution in [0.3, 0.4) is 0 Å². The quantitative estimate of drug-likeness (QED) is 0.844. The summed E-state index contributed by atoms with van der Waals surface area (Å²) in [5, 5.41) is 0. The summed E-state index contributed by atoms with van der Waals surface area (Å²) >= 11 is 0. The van der Waals surface area contributed by atoms with E-state index in [4.69, 9.17) is 4.74 Å². The molecule has 0 bridgehead atoms. The van der Waals surface area contributed by atoms with Crippen molar-refractivity contribution in [1.29, 1.82) is 0 Å². The SMILES string of the molecule is O=S(=O)(N1CCOCC1)N(Cc1ccccc1)c1ccccc1. The maximum absolute atomic E-state index is 13.1. The molecule has 6 heteroatoms. The van der Waals surface area contributed by atoms with Gasteiger partial charge in [-0.15, -0.1) is 0 Å². The Balaban J connectivity index is 1.94. The largest absolute Gasteiger partial charge is 0.379 e. The number of para-hydroxylation sites is 1. The van der Waals surface area contributed by atoms with Crippen LogP contribution in [0.15, 0.2) is 60.7 Å². The number of hydrogen-bond acceptors (Lipinski definition) is 3. The summed E-state index contributed by atoms with van der Waals surface area (Å²) in [7, 11) is -3.59. The molecule has 3 rings (SSSR count). The van der Waals surface area contributed by atoms with Crippen LogP contribution in [0.2, 0.25) is 0 Å². The van der Waals surface area contributed by atoms with Gasteiger partial charge in [0.1, 0.15) is 0 Å². The lowest BCUT2D eigenvalue weighted by Crippen LogP contribution is -2.48. The number of benzene rings is 2. The van der Waals surface area contributed by atoms with Gasteiger partial charge in [0.15, 0.2) is 0 Å². The van der Waals surface area contributed by atoms with E-state index < -0.39 is 10.2 Å². The fourth-order valence-corrected chi connectivity index (χ4v) is 4.16. The maximum Gasteiger partial charge on any atom is 0.304 e. The molecule has 0 spiro atoms. The summed E-state index contributed by atoms with van der Waals surface area (Å²) in [5.74, 6) is 0. The second kappa shape index (κ2) is 7.12. The van der Waals surface area contributed by atoms with Gasteiger partial charge in [-0.3, -0.25) is 4.31 Å². The number of hydrogen-bond donors (Lipinski definition) is 0. The number of rotatable bonds is 5. The van der Waals surface area contributed by atoms with Crippen LogP contribution in [0.4, 0.5) is 5.69 Å². The summed E-state index contributed by atoms with van der Waals surface area (Å²) < 4.78 is 34.4. The zero-order valence-corrected chi connectivity index (χ0v) is 13.7. The molecule has 0 aliphatic carbocycles. The number of anilines is 1. The highest BCUT2D eigenvalue weighted by Crippen LogP contribution is 2.23. The first-order valence-corrected chi connectivity index (χ1v) is 9.02. The third kappa shape index (κ3) is 3.72. The summed E-state index contributed by atoms with van der Waals surface area (Å²) in [6, 6.07) is 18.8. The molecule has 1 aliphatic rings. The van der Waals surface area contributed by atoms with Gasteiger partial charge in [-0.05, 0) is 17.7 Å². The Bertz CT molecular complexity index is 714. The van der Waals surface area contributed by atoms with E-state index in [1.807, 2.05) is 60.7 Å². The minimum Gasteiger partial charge on any atom is -0.379 e. The average Bonchev–Trinajstić information content (AvgIpc) is 2.62. The van der Waals surface area contributed by atoms with Crippen molar-refractivity contribution in [3.05, 3.63) is 66.2 Å². The Kier molecular flexibility index (Phi) is 4.95. The molecular formula is C17H20N2O3S. The maximum atomic E-state index is 13.1. The van der Waals surface area contributed by atoms with Gasteiger partial charge in [-0.25, -0.2) is 0 Å². The van der Waals surface area contributed by atoms with Gasteiger partial charge in [0.25, 0.3) is 0 Å². The smallest absolute Gasteiger partial charge is 0.304 e. The second-order valence-electron chi connectivity index (χ2n) is 5.35. The molecule has 1 saturated heterocycles. The molecule has 122 valence electrons. The normalized spacial score (nSPS) is 16.2. The van der Waals surface area contributed by atoms with Gasteiger partial charge in [0.05, 0.1) is 25.4 Å². The summed E-state index contributed by atoms with van der Waals surface area (Å²) in [5.41, 5.74) is 1.62. The molecule has 5 nitrogen and oxygen atoms in total. The molecular weight excluding hydrogens is 312 g/mol. The number of morpholine rings is 1. The molecule has 0 aromatic heterocycles. The van der Waals surface area contributed by atoms with E-state index in [0.29, 0.717) is 38.5 Å². The van der Waals surface area contributed by atoms with Gasteiger partial charge in [-0.2, -0.15) is 12.7 Å². The van der Waals surface area contributed by atoms with Crippen LogP contribution in [-0.2, 0) is 21.5 Å². The Morgan fingerprint density at radius 3 is 2.09 bits per heavy atom. The molecule has 0 amide bonds. The molecule has 2 aromatic rings. The third-order valence-electron chi connectivity index (χ3n) is 3.79. The van der Waals surface area contributed by atoms with E-state index in [0.717, 1.165) is 5.56 Å². The minimum absolute atomic E-state index is 0.310. The highest BCUT2D eigenvalue weighted by molar-refractivity contribution is 7.90. The zero-order chi connectivity index (χ0) is 16.1. The van der Waals surface area contributed by atoms with Gasteiger partial charge in [-0.1, -0.05) is 48.5 Å². The molecule has 2 aromatic carbocycles. The predicted octanol–water partition coefficient (Wildman–Crippen LogP) is 2.27. The lowest BCUT2D eigenvalue weighted by molar-refractivity contribution is 0.0729. The first-order chi connectivity index (χ1) is 11.2. The molecule has 23 heavy (non-hydrogen) atoms. The fourth-order valence-electron chi connectivity index (χ4n) is 2.57. The Morgan fingerprint density at radius 2 is 1.48 bits per heavy atom. The molecule has 1 aliphatic heterocycles. The van der Waals surface area contributed by atoms with Crippen LogP contribution in [-0.4, -0.2) is 39.0 Å². The molecule has 0 atom stereocenters. The van der Waals surface area contributed by atoms with Crippen molar-refractivity contribution in [3.63, 3.8) is 0 Å². The van der Waals surface area contributed by atoms with Crippen LogP contribution in [0, 0.1) is 0 Å². The molecule has 1 fully saturated rings. The molecule has 0 saturated carbocycles. The lowest BCUT2D eigenvalue weighted by Gasteiger charge is -2.33. The van der Waals surface area contributed by atoms with E-state index in [2.05, 4.69) is 0 Å². The first-order valence-electron chi connectivity index (χ1n) is 7.62. The van der Waals surface area contributed by atoms with Crippen LogP contribution < -0.4 is 4.31 Å². The fraction of sp³-hybridized carbons (Fsp3) is 0.294. The van der Waals surface area contributed by atoms with Crippen molar-refractivity contribution in [1.82, 2.24) is 4.31 Å². The van der Waals surface area contributed by atoms with E-state index in [-0.39, 0.29) is 0 Å². The molecule has 0 N–H and O–H groups in total. The second-order valence-corrected chi connectivity index (χ2v) is 7.20. The average molecular weight is 332 g/mol. The Hall–Kier alpha value is -1.89. The van der Waals surface area contributed by atoms with Crippen molar-refractivity contribution >= 4 is 15.9 Å². The van der Waals surface area contributed by atoms with Crippen molar-refractivity contribution in [2.24, 2.45) is 0 Å². The van der Waals surface area contributed by atoms with Crippen LogP contribution in [0.5, 0.6) is 0 Å². The molecule has 1 heterocycles. The monoisotopic (exact) mass is 332 g/mol. The third-order valence-corrected chi connectivity index (χ3v) is 5.70. The summed E-state index contributed by atoms with van der Waals surface area (Å²) in [4.78, 5) is 0. The topological polar surface area (TPSA) is 49.9 Å². The van der Waals surface area contributed by atoms with Gasteiger partial charge in [0.2, 0.25) is 0 Å². The summed E-state index contributed by atoms with van der Waals surface area (Å²) in [6.07, 6.45) is 0. The van der Waals surface area contributed by atoms with Gasteiger partial charge >= 0.3 is 10.2 Å². The highest BCUT2D eigenvalue weighted by Gasteiger charge is 2.31. The van der Waals surface area contributed by atoms with Crippen LogP contribution in [0.25, 0.3) is 0 Å². The molecule has 0 radical (unpaired) electrons. The van der Waals surface area contributed by atoms with E-state index in [9.17, 15) is 8.42 Å². The van der Waals surface area contributed by atoms with Gasteiger partial charge in [0, 0.05) is 13.1 Å². The van der Waals surface area contributed by atoms with Crippen LogP contribution >= 0.6 is 0 Å². The van der Waals surface area contributed by atoms with E-state index >= 15 is 0 Å². The van der Waals surface area contributed by atoms with Crippen molar-refractivity contribution < 1.29 is 13.2 Å². The predicted molar refractivity (Wildman–Crippen MR) is 90.4 cm³/mol. The summed E-state index contributed by atoms with van der Waals surface area (Å²) in [6.45, 7) is 1.96. The number of ether oxygens (including phenoxy) is 1. The lowest BCUT2D eigenvalue weighted by atomic mass is 10.2. The van der Waals surface area contributed by atoms with Crippen LogP contribution in [0.1, 0.15) is 5.56 Å². The van der Waals surface area contributed by atoms with E-state index in [1.165, 1.54) is 8.61 Å². The Morgan fingerprint density at radius 1 is 0.913 bits per heavy atom. The zero-order valence-electron chi connectivity index (χ0n) is 12.8.